The molecule has 0 aliphatic carbocycles. The number of rotatable bonds is 2. The number of benzene rings is 1. The molecule has 1 aromatic rings. The molecule has 1 radical (unpaired) electrons. The zero-order chi connectivity index (χ0) is 9.14. The molecule has 65 valence electrons. The molecule has 0 saturated heterocycles. The van der Waals surface area contributed by atoms with Crippen LogP contribution in [0.3, 0.4) is 0 Å². The minimum Gasteiger partial charge on any atom is -0.395 e. The lowest BCUT2D eigenvalue weighted by Crippen LogP contribution is -1.99. The van der Waals surface area contributed by atoms with Gasteiger partial charge in [0.25, 0.3) is 0 Å². The van der Waals surface area contributed by atoms with Crippen molar-refractivity contribution in [2.45, 2.75) is 6.92 Å². The second kappa shape index (κ2) is 4.13. The van der Waals surface area contributed by atoms with Crippen LogP contribution in [0.4, 0.5) is 0 Å². The third-order valence-corrected chi connectivity index (χ3v) is 2.39. The van der Waals surface area contributed by atoms with Gasteiger partial charge in [-0.1, -0.05) is 36.2 Å². The van der Waals surface area contributed by atoms with Crippen molar-refractivity contribution < 1.29 is 5.11 Å². The van der Waals surface area contributed by atoms with Crippen LogP contribution in [0.25, 0.3) is 0 Å². The van der Waals surface area contributed by atoms with Crippen LogP contribution in [0.1, 0.15) is 12.5 Å². The summed E-state index contributed by atoms with van der Waals surface area (Å²) in [6.07, 6.45) is 0. The molecule has 0 fully saturated rings. The second-order valence-electron chi connectivity index (χ2n) is 2.57. The lowest BCUT2D eigenvalue weighted by Gasteiger charge is -2.07. The van der Waals surface area contributed by atoms with Gasteiger partial charge in [-0.05, 0) is 17.7 Å². The first-order chi connectivity index (χ1) is 5.65. The summed E-state index contributed by atoms with van der Waals surface area (Å²) in [4.78, 5) is 0. The van der Waals surface area contributed by atoms with Gasteiger partial charge in [0, 0.05) is 5.92 Å². The van der Waals surface area contributed by atoms with Crippen molar-refractivity contribution in [2.24, 2.45) is 0 Å². The molecule has 0 bridgehead atoms. The number of halogens is 2. The van der Waals surface area contributed by atoms with Gasteiger partial charge in [-0.3, -0.25) is 0 Å². The van der Waals surface area contributed by atoms with E-state index in [9.17, 15) is 0 Å². The van der Waals surface area contributed by atoms with Gasteiger partial charge in [-0.25, -0.2) is 0 Å². The van der Waals surface area contributed by atoms with E-state index >= 15 is 0 Å². The van der Waals surface area contributed by atoms with E-state index in [0.717, 1.165) is 11.5 Å². The molecular weight excluding hydrogens is 195 g/mol. The zero-order valence-electron chi connectivity index (χ0n) is 6.64. The third-order valence-electron chi connectivity index (χ3n) is 1.65. The highest BCUT2D eigenvalue weighted by Gasteiger charge is 2.06. The summed E-state index contributed by atoms with van der Waals surface area (Å²) in [5, 5.41) is 9.88. The van der Waals surface area contributed by atoms with Crippen molar-refractivity contribution in [3.8, 4) is 0 Å². The quantitative estimate of drug-likeness (QED) is 0.785. The summed E-state index contributed by atoms with van der Waals surface area (Å²) in [7, 11) is 0. The van der Waals surface area contributed by atoms with Crippen molar-refractivity contribution in [3.63, 3.8) is 0 Å². The zero-order valence-corrected chi connectivity index (χ0v) is 8.15. The monoisotopic (exact) mass is 203 g/mol. The summed E-state index contributed by atoms with van der Waals surface area (Å²) in [5.74, 6) is 0.883. The van der Waals surface area contributed by atoms with Crippen LogP contribution < -0.4 is 0 Å². The summed E-state index contributed by atoms with van der Waals surface area (Å²) < 4.78 is 0. The van der Waals surface area contributed by atoms with E-state index in [2.05, 4.69) is 0 Å². The Morgan fingerprint density at radius 3 is 2.50 bits per heavy atom. The molecule has 3 heteroatoms. The van der Waals surface area contributed by atoms with Crippen LogP contribution in [0, 0.1) is 5.92 Å². The van der Waals surface area contributed by atoms with Crippen molar-refractivity contribution in [1.29, 1.82) is 0 Å². The Morgan fingerprint density at radius 1 is 1.33 bits per heavy atom. The maximum atomic E-state index is 8.84. The first-order valence-electron chi connectivity index (χ1n) is 3.54. The predicted octanol–water partition coefficient (Wildman–Crippen LogP) is 2.93. The molecule has 1 aromatic carbocycles. The Kier molecular flexibility index (Phi) is 3.39. The number of aliphatic hydroxyl groups is 1. The van der Waals surface area contributed by atoms with Crippen LogP contribution >= 0.6 is 23.2 Å². The second-order valence-corrected chi connectivity index (χ2v) is 3.38. The van der Waals surface area contributed by atoms with Crippen LogP contribution in [0.15, 0.2) is 18.2 Å². The van der Waals surface area contributed by atoms with Gasteiger partial charge >= 0.3 is 0 Å². The molecule has 0 aliphatic rings. The first-order valence-corrected chi connectivity index (χ1v) is 4.29. The van der Waals surface area contributed by atoms with Crippen LogP contribution in [-0.4, -0.2) is 11.7 Å². The summed E-state index contributed by atoms with van der Waals surface area (Å²) in [6.45, 7) is 1.89. The van der Waals surface area contributed by atoms with Crippen molar-refractivity contribution in [3.05, 3.63) is 39.7 Å². The summed E-state index contributed by atoms with van der Waals surface area (Å²) in [5.41, 5.74) is 0.923. The average molecular weight is 204 g/mol. The molecule has 0 heterocycles. The lowest BCUT2D eigenvalue weighted by molar-refractivity contribution is 0.315. The van der Waals surface area contributed by atoms with E-state index in [1.807, 2.05) is 13.0 Å². The minimum atomic E-state index is 0.0396. The van der Waals surface area contributed by atoms with Crippen LogP contribution in [0.2, 0.25) is 10.0 Å². The molecule has 1 rings (SSSR count). The van der Waals surface area contributed by atoms with Crippen molar-refractivity contribution in [1.82, 2.24) is 0 Å². The fraction of sp³-hybridized carbons (Fsp3) is 0.222. The Hall–Kier alpha value is -0.240. The number of aliphatic hydroxyl groups excluding tert-OH is 1. The SMILES string of the molecule is C[C](CO)c1ccc(Cl)c(Cl)c1. The molecule has 0 saturated carbocycles. The minimum absolute atomic E-state index is 0.0396. The van der Waals surface area contributed by atoms with Gasteiger partial charge in [0.15, 0.2) is 0 Å². The van der Waals surface area contributed by atoms with E-state index in [1.165, 1.54) is 0 Å². The standard InChI is InChI=1S/C9H9Cl2O/c1-6(5-12)7-2-3-8(10)9(11)4-7/h2-4,12H,5H2,1H3. The summed E-state index contributed by atoms with van der Waals surface area (Å²) in [6, 6.07) is 5.30. The molecule has 0 spiro atoms. The van der Waals surface area contributed by atoms with Gasteiger partial charge in [0.1, 0.15) is 0 Å². The molecule has 1 nitrogen and oxygen atoms in total. The molecule has 12 heavy (non-hydrogen) atoms. The predicted molar refractivity (Wildman–Crippen MR) is 51.6 cm³/mol. The van der Waals surface area contributed by atoms with E-state index in [4.69, 9.17) is 28.3 Å². The first kappa shape index (κ1) is 9.85. The Balaban J connectivity index is 2.96. The molecule has 0 aromatic heterocycles. The smallest absolute Gasteiger partial charge is 0.0595 e. The van der Waals surface area contributed by atoms with Crippen LogP contribution in [0.5, 0.6) is 0 Å². The normalized spacial score (nSPS) is 10.8. The van der Waals surface area contributed by atoms with Crippen molar-refractivity contribution in [2.75, 3.05) is 6.61 Å². The number of hydrogen-bond acceptors (Lipinski definition) is 1. The highest BCUT2D eigenvalue weighted by molar-refractivity contribution is 6.42. The van der Waals surface area contributed by atoms with Crippen molar-refractivity contribution >= 4 is 23.2 Å². The highest BCUT2D eigenvalue weighted by Crippen LogP contribution is 2.25. The highest BCUT2D eigenvalue weighted by atomic mass is 35.5. The topological polar surface area (TPSA) is 20.2 Å². The molecule has 0 amide bonds. The Morgan fingerprint density at radius 2 is 2.00 bits per heavy atom. The van der Waals surface area contributed by atoms with E-state index in [1.54, 1.807) is 12.1 Å². The van der Waals surface area contributed by atoms with E-state index < -0.39 is 0 Å². The van der Waals surface area contributed by atoms with Gasteiger partial charge in [0.2, 0.25) is 0 Å². The maximum absolute atomic E-state index is 8.84. The Bertz CT molecular complexity index is 273. The maximum Gasteiger partial charge on any atom is 0.0595 e. The Labute approximate surface area is 81.9 Å². The van der Waals surface area contributed by atoms with Gasteiger partial charge in [0.05, 0.1) is 16.7 Å². The molecule has 0 atom stereocenters. The van der Waals surface area contributed by atoms with Crippen LogP contribution in [-0.2, 0) is 0 Å². The van der Waals surface area contributed by atoms with E-state index in [-0.39, 0.29) is 6.61 Å². The average Bonchev–Trinajstić information content (AvgIpc) is 2.08. The van der Waals surface area contributed by atoms with E-state index in [0.29, 0.717) is 10.0 Å². The fourth-order valence-electron chi connectivity index (χ4n) is 0.853. The summed E-state index contributed by atoms with van der Waals surface area (Å²) >= 11 is 11.5. The third kappa shape index (κ3) is 2.13. The molecular formula is C9H9Cl2O. The number of hydrogen-bond donors (Lipinski definition) is 1. The van der Waals surface area contributed by atoms with Gasteiger partial charge in [-0.15, -0.1) is 0 Å². The van der Waals surface area contributed by atoms with Gasteiger partial charge < -0.3 is 5.11 Å². The fourth-order valence-corrected chi connectivity index (χ4v) is 1.15. The largest absolute Gasteiger partial charge is 0.395 e. The molecule has 0 unspecified atom stereocenters. The van der Waals surface area contributed by atoms with Gasteiger partial charge in [-0.2, -0.15) is 0 Å². The molecule has 1 N–H and O–H groups in total. The lowest BCUT2D eigenvalue weighted by atomic mass is 10.0. The molecule has 0 aliphatic heterocycles.